The summed E-state index contributed by atoms with van der Waals surface area (Å²) in [5.41, 5.74) is 5.16. The molecule has 2 unspecified atom stereocenters. The van der Waals surface area contributed by atoms with Gasteiger partial charge >= 0.3 is 0 Å². The van der Waals surface area contributed by atoms with Crippen molar-refractivity contribution >= 4 is 28.4 Å². The highest BCUT2D eigenvalue weighted by Gasteiger charge is 2.43. The first-order valence-corrected chi connectivity index (χ1v) is 10.7. The Balaban J connectivity index is 1.69. The van der Waals surface area contributed by atoms with Crippen LogP contribution in [0, 0.1) is 6.92 Å². The number of aryl methyl sites for hydroxylation is 2. The number of nitrogens with one attached hydrogen (secondary N) is 1. The van der Waals surface area contributed by atoms with E-state index in [2.05, 4.69) is 22.0 Å². The lowest BCUT2D eigenvalue weighted by Gasteiger charge is -2.39. The highest BCUT2D eigenvalue weighted by Crippen LogP contribution is 2.44. The quantitative estimate of drug-likeness (QED) is 0.502. The zero-order valence-electron chi connectivity index (χ0n) is 18.4. The molecule has 0 bridgehead atoms. The second kappa shape index (κ2) is 7.68. The van der Waals surface area contributed by atoms with Gasteiger partial charge in [-0.05, 0) is 36.2 Å². The number of aromatic nitrogens is 1. The van der Waals surface area contributed by atoms with Crippen LogP contribution >= 0.6 is 0 Å². The van der Waals surface area contributed by atoms with Gasteiger partial charge in [-0.15, -0.1) is 0 Å². The summed E-state index contributed by atoms with van der Waals surface area (Å²) in [6.07, 6.45) is 2.04. The Labute approximate surface area is 187 Å². The van der Waals surface area contributed by atoms with E-state index in [0.29, 0.717) is 5.56 Å². The molecule has 1 aromatic heterocycles. The Morgan fingerprint density at radius 1 is 0.875 bits per heavy atom. The van der Waals surface area contributed by atoms with Crippen LogP contribution in [0.15, 0.2) is 79.0 Å². The van der Waals surface area contributed by atoms with Crippen molar-refractivity contribution in [2.24, 2.45) is 7.05 Å². The molecule has 2 amide bonds. The van der Waals surface area contributed by atoms with E-state index in [9.17, 15) is 9.59 Å². The fourth-order valence-corrected chi connectivity index (χ4v) is 4.88. The predicted molar refractivity (Wildman–Crippen MR) is 127 cm³/mol. The molecule has 5 nitrogen and oxygen atoms in total. The van der Waals surface area contributed by atoms with Gasteiger partial charge in [0.2, 0.25) is 5.91 Å². The molecule has 5 rings (SSSR count). The topological polar surface area (TPSA) is 54.3 Å². The average Bonchev–Trinajstić information content (AvgIpc) is 3.14. The molecule has 160 valence electrons. The minimum Gasteiger partial charge on any atom is -0.350 e. The molecule has 4 aromatic rings. The normalized spacial score (nSPS) is 18.0. The lowest BCUT2D eigenvalue weighted by Crippen LogP contribution is -2.44. The van der Waals surface area contributed by atoms with Gasteiger partial charge in [-0.1, -0.05) is 54.6 Å². The second-order valence-electron chi connectivity index (χ2n) is 8.44. The fraction of sp³-hybridized carbons (Fsp3) is 0.185. The molecule has 0 fully saturated rings. The number of anilines is 1. The maximum atomic E-state index is 13.8. The third-order valence-electron chi connectivity index (χ3n) is 6.51. The predicted octanol–water partition coefficient (Wildman–Crippen LogP) is 5.04. The zero-order valence-corrected chi connectivity index (χ0v) is 18.4. The number of amides is 2. The van der Waals surface area contributed by atoms with Crippen molar-refractivity contribution in [2.45, 2.75) is 18.9 Å². The van der Waals surface area contributed by atoms with Crippen molar-refractivity contribution in [3.8, 4) is 0 Å². The van der Waals surface area contributed by atoms with Crippen LogP contribution in [-0.2, 0) is 11.8 Å². The van der Waals surface area contributed by atoms with Gasteiger partial charge in [0.15, 0.2) is 0 Å². The fourth-order valence-electron chi connectivity index (χ4n) is 4.88. The minimum absolute atomic E-state index is 0.0709. The molecule has 2 heterocycles. The summed E-state index contributed by atoms with van der Waals surface area (Å²) in [6, 6.07) is 22.9. The summed E-state index contributed by atoms with van der Waals surface area (Å²) in [4.78, 5) is 28.8. The van der Waals surface area contributed by atoms with Crippen LogP contribution < -0.4 is 5.32 Å². The molecule has 0 aliphatic carbocycles. The van der Waals surface area contributed by atoms with Crippen molar-refractivity contribution in [3.63, 3.8) is 0 Å². The number of hydrogen-bond acceptors (Lipinski definition) is 2. The SMILES string of the molecule is Cc1ccccc1NC(=O)C1c2ccccc2C(=O)N(C)C1c1cn(C)c2ccccc12. The molecule has 5 heteroatoms. The second-order valence-corrected chi connectivity index (χ2v) is 8.44. The molecule has 2 atom stereocenters. The van der Waals surface area contributed by atoms with Crippen LogP contribution in [-0.4, -0.2) is 28.3 Å². The van der Waals surface area contributed by atoms with E-state index in [0.717, 1.165) is 33.3 Å². The van der Waals surface area contributed by atoms with E-state index in [1.807, 2.05) is 80.8 Å². The van der Waals surface area contributed by atoms with Crippen LogP contribution in [0.3, 0.4) is 0 Å². The Bertz CT molecular complexity index is 1350. The summed E-state index contributed by atoms with van der Waals surface area (Å²) in [5.74, 6) is -0.734. The largest absolute Gasteiger partial charge is 0.350 e. The molecule has 0 spiro atoms. The van der Waals surface area contributed by atoms with Crippen LogP contribution in [0.1, 0.15) is 39.0 Å². The Morgan fingerprint density at radius 2 is 1.56 bits per heavy atom. The monoisotopic (exact) mass is 423 g/mol. The van der Waals surface area contributed by atoms with Gasteiger partial charge in [0.25, 0.3) is 5.91 Å². The number of carbonyl (C=O) groups excluding carboxylic acids is 2. The van der Waals surface area contributed by atoms with E-state index < -0.39 is 12.0 Å². The molecule has 1 N–H and O–H groups in total. The van der Waals surface area contributed by atoms with Crippen LogP contribution in [0.2, 0.25) is 0 Å². The number of fused-ring (bicyclic) bond motifs is 2. The number of hydrogen-bond donors (Lipinski definition) is 1. The zero-order chi connectivity index (χ0) is 22.4. The number of rotatable bonds is 3. The summed E-state index contributed by atoms with van der Waals surface area (Å²) < 4.78 is 2.06. The van der Waals surface area contributed by atoms with E-state index >= 15 is 0 Å². The van der Waals surface area contributed by atoms with E-state index in [1.165, 1.54) is 0 Å². The van der Waals surface area contributed by atoms with Crippen LogP contribution in [0.4, 0.5) is 5.69 Å². The van der Waals surface area contributed by atoms with Gasteiger partial charge in [0, 0.05) is 48.0 Å². The van der Waals surface area contributed by atoms with Gasteiger partial charge in [0.1, 0.15) is 0 Å². The van der Waals surface area contributed by atoms with Gasteiger partial charge in [-0.2, -0.15) is 0 Å². The standard InChI is InChI=1S/C27H25N3O2/c1-17-10-4-8-14-22(17)28-26(31)24-19-12-5-6-13-20(19)27(32)30(3)25(24)21-16-29(2)23-15-9-7-11-18(21)23/h4-16,24-25H,1-3H3,(H,28,31). The number of carbonyl (C=O) groups is 2. The maximum absolute atomic E-state index is 13.8. The molecule has 32 heavy (non-hydrogen) atoms. The first-order chi connectivity index (χ1) is 15.5. The lowest BCUT2D eigenvalue weighted by atomic mass is 9.79. The van der Waals surface area contributed by atoms with Gasteiger partial charge in [-0.25, -0.2) is 0 Å². The number of nitrogens with zero attached hydrogens (tertiary/aromatic N) is 2. The van der Waals surface area contributed by atoms with Crippen molar-refractivity contribution in [3.05, 3.63) is 101 Å². The number of likely N-dealkylation sites (N-methyl/N-ethyl adjacent to an activating group) is 1. The van der Waals surface area contributed by atoms with E-state index in [4.69, 9.17) is 0 Å². The van der Waals surface area contributed by atoms with Crippen LogP contribution in [0.25, 0.3) is 10.9 Å². The van der Waals surface area contributed by atoms with Crippen LogP contribution in [0.5, 0.6) is 0 Å². The number of para-hydroxylation sites is 2. The molecule has 0 saturated heterocycles. The number of benzene rings is 3. The smallest absolute Gasteiger partial charge is 0.254 e. The molecule has 1 aliphatic rings. The van der Waals surface area contributed by atoms with Crippen molar-refractivity contribution in [1.29, 1.82) is 0 Å². The summed E-state index contributed by atoms with van der Waals surface area (Å²) in [7, 11) is 3.78. The summed E-state index contributed by atoms with van der Waals surface area (Å²) in [5, 5.41) is 4.18. The third kappa shape index (κ3) is 3.09. The summed E-state index contributed by atoms with van der Waals surface area (Å²) >= 11 is 0. The highest BCUT2D eigenvalue weighted by atomic mass is 16.2. The van der Waals surface area contributed by atoms with Gasteiger partial charge in [0.05, 0.1) is 12.0 Å². The van der Waals surface area contributed by atoms with Gasteiger partial charge < -0.3 is 14.8 Å². The molecule has 3 aromatic carbocycles. The minimum atomic E-state index is -0.542. The molecule has 1 aliphatic heterocycles. The van der Waals surface area contributed by atoms with Crippen molar-refractivity contribution in [1.82, 2.24) is 9.47 Å². The Hall–Kier alpha value is -3.86. The van der Waals surface area contributed by atoms with Crippen molar-refractivity contribution in [2.75, 3.05) is 12.4 Å². The maximum Gasteiger partial charge on any atom is 0.254 e. The van der Waals surface area contributed by atoms with Crippen molar-refractivity contribution < 1.29 is 9.59 Å². The third-order valence-corrected chi connectivity index (χ3v) is 6.51. The highest BCUT2D eigenvalue weighted by molar-refractivity contribution is 6.05. The first kappa shape index (κ1) is 20.1. The molecule has 0 radical (unpaired) electrons. The Kier molecular flexibility index (Phi) is 4.82. The molecule has 0 saturated carbocycles. The first-order valence-electron chi connectivity index (χ1n) is 10.7. The molecular weight excluding hydrogens is 398 g/mol. The molecular formula is C27H25N3O2. The lowest BCUT2D eigenvalue weighted by molar-refractivity contribution is -0.119. The van der Waals surface area contributed by atoms with Gasteiger partial charge in [-0.3, -0.25) is 9.59 Å². The summed E-state index contributed by atoms with van der Waals surface area (Å²) in [6.45, 7) is 1.97. The average molecular weight is 424 g/mol. The Morgan fingerprint density at radius 3 is 2.38 bits per heavy atom. The van der Waals surface area contributed by atoms with E-state index in [-0.39, 0.29) is 11.8 Å². The van der Waals surface area contributed by atoms with E-state index in [1.54, 1.807) is 11.9 Å².